The summed E-state index contributed by atoms with van der Waals surface area (Å²) in [7, 11) is 0. The number of carbonyl (C=O) groups is 2. The molecule has 0 fully saturated rings. The second-order valence-corrected chi connectivity index (χ2v) is 10.6. The number of benzene rings is 3. The highest BCUT2D eigenvalue weighted by molar-refractivity contribution is 5.91. The molecule has 50 heavy (non-hydrogen) atoms. The summed E-state index contributed by atoms with van der Waals surface area (Å²) in [5, 5.41) is 21.9. The van der Waals surface area contributed by atoms with Crippen LogP contribution in [0.15, 0.2) is 72.8 Å². The molecule has 0 saturated heterocycles. The second kappa shape index (κ2) is 18.2. The molecule has 0 N–H and O–H groups in total. The highest BCUT2D eigenvalue weighted by Crippen LogP contribution is 2.33. The number of halogens is 5. The van der Waals surface area contributed by atoms with Gasteiger partial charge in [0.2, 0.25) is 0 Å². The third-order valence-corrected chi connectivity index (χ3v) is 6.68. The van der Waals surface area contributed by atoms with Gasteiger partial charge in [-0.25, -0.2) is 9.59 Å². The standard InChI is InChI=1S/C33H31F5N2O10/c34-32(35,36)16-5-19-47-28-11-13-29(14-12-28)50-33(37,38)25-9-6-23(7-10-25)8-15-30(41)48-17-3-1-2-4-18-49-31(42)24-20-26(39(43)44)22-27(21-24)40(45)46/h6-15,20-22H,1-5,16-19H2/b15-8+. The van der Waals surface area contributed by atoms with Crippen molar-refractivity contribution in [1.29, 1.82) is 0 Å². The number of carbonyl (C=O) groups excluding carboxylic acids is 2. The van der Waals surface area contributed by atoms with E-state index in [1.165, 1.54) is 42.5 Å². The zero-order valence-electron chi connectivity index (χ0n) is 26.2. The highest BCUT2D eigenvalue weighted by atomic mass is 19.4. The van der Waals surface area contributed by atoms with Crippen molar-refractivity contribution < 1.29 is 60.3 Å². The van der Waals surface area contributed by atoms with Crippen LogP contribution in [0.1, 0.15) is 60.0 Å². The number of unbranched alkanes of at least 4 members (excludes halogenated alkanes) is 3. The van der Waals surface area contributed by atoms with Crippen molar-refractivity contribution >= 4 is 29.4 Å². The fourth-order valence-corrected chi connectivity index (χ4v) is 4.18. The van der Waals surface area contributed by atoms with Crippen molar-refractivity contribution in [2.75, 3.05) is 19.8 Å². The molecule has 0 atom stereocenters. The quantitative estimate of drug-likeness (QED) is 0.0296. The number of hydrogen-bond acceptors (Lipinski definition) is 10. The van der Waals surface area contributed by atoms with Gasteiger partial charge in [0.1, 0.15) is 11.5 Å². The molecule has 0 saturated carbocycles. The van der Waals surface area contributed by atoms with Gasteiger partial charge in [0, 0.05) is 24.6 Å². The van der Waals surface area contributed by atoms with Gasteiger partial charge < -0.3 is 18.9 Å². The van der Waals surface area contributed by atoms with Gasteiger partial charge in [0.25, 0.3) is 11.4 Å². The average molecular weight is 711 g/mol. The molecule has 0 aliphatic heterocycles. The Hall–Kier alpha value is -5.61. The van der Waals surface area contributed by atoms with E-state index in [1.807, 2.05) is 0 Å². The van der Waals surface area contributed by atoms with E-state index in [-0.39, 0.29) is 43.3 Å². The molecule has 0 radical (unpaired) electrons. The molecule has 0 unspecified atom stereocenters. The summed E-state index contributed by atoms with van der Waals surface area (Å²) < 4.78 is 86.1. The van der Waals surface area contributed by atoms with Gasteiger partial charge in [-0.15, -0.1) is 0 Å². The lowest BCUT2D eigenvalue weighted by Gasteiger charge is -2.18. The summed E-state index contributed by atoms with van der Waals surface area (Å²) in [4.78, 5) is 44.4. The zero-order valence-corrected chi connectivity index (χ0v) is 26.2. The van der Waals surface area contributed by atoms with Crippen molar-refractivity contribution in [2.45, 2.75) is 50.8 Å². The van der Waals surface area contributed by atoms with Gasteiger partial charge in [-0.2, -0.15) is 22.0 Å². The van der Waals surface area contributed by atoms with E-state index in [1.54, 1.807) is 0 Å². The van der Waals surface area contributed by atoms with E-state index >= 15 is 0 Å². The zero-order chi connectivity index (χ0) is 36.7. The summed E-state index contributed by atoms with van der Waals surface area (Å²) in [5.74, 6) is -1.58. The highest BCUT2D eigenvalue weighted by Gasteiger charge is 2.34. The normalized spacial score (nSPS) is 11.6. The predicted octanol–water partition coefficient (Wildman–Crippen LogP) is 8.33. The maximum atomic E-state index is 14.7. The first-order chi connectivity index (χ1) is 23.6. The molecule has 3 aromatic carbocycles. The van der Waals surface area contributed by atoms with Crippen LogP contribution in [-0.2, 0) is 20.4 Å². The molecular formula is C33H31F5N2O10. The number of nitro groups is 2. The summed E-state index contributed by atoms with van der Waals surface area (Å²) in [6.07, 6.45) is -4.62. The molecule has 3 aromatic rings. The minimum atomic E-state index is -4.29. The van der Waals surface area contributed by atoms with Crippen LogP contribution in [0.25, 0.3) is 6.08 Å². The molecule has 0 aliphatic rings. The monoisotopic (exact) mass is 710 g/mol. The third-order valence-electron chi connectivity index (χ3n) is 6.68. The average Bonchev–Trinajstić information content (AvgIpc) is 3.06. The van der Waals surface area contributed by atoms with Crippen LogP contribution in [-0.4, -0.2) is 47.8 Å². The van der Waals surface area contributed by atoms with E-state index in [4.69, 9.17) is 18.9 Å². The van der Waals surface area contributed by atoms with Crippen LogP contribution in [0.2, 0.25) is 0 Å². The minimum absolute atomic E-state index is 0.0312. The Morgan fingerprint density at radius 2 is 1.26 bits per heavy atom. The maximum absolute atomic E-state index is 14.7. The van der Waals surface area contributed by atoms with E-state index in [9.17, 15) is 51.8 Å². The molecule has 0 aromatic heterocycles. The lowest BCUT2D eigenvalue weighted by atomic mass is 10.1. The number of nitrogens with zero attached hydrogens (tertiary/aromatic N) is 2. The summed E-state index contributed by atoms with van der Waals surface area (Å²) in [6, 6.07) is 12.5. The molecule has 0 heterocycles. The Bertz CT molecular complexity index is 1610. The number of rotatable bonds is 19. The SMILES string of the molecule is O=C(/C=C/c1ccc(C(F)(F)Oc2ccc(OCCCC(F)(F)F)cc2)cc1)OCCCCCCOC(=O)c1cc([N+](=O)[O-])cc([N+](=O)[O-])c1. The molecule has 268 valence electrons. The van der Waals surface area contributed by atoms with Crippen molar-refractivity contribution in [3.05, 3.63) is 110 Å². The fourth-order valence-electron chi connectivity index (χ4n) is 4.18. The largest absolute Gasteiger partial charge is 0.494 e. The van der Waals surface area contributed by atoms with Gasteiger partial charge in [-0.05, 0) is 80.1 Å². The van der Waals surface area contributed by atoms with E-state index < -0.39 is 57.4 Å². The van der Waals surface area contributed by atoms with E-state index in [2.05, 4.69) is 0 Å². The third kappa shape index (κ3) is 13.5. The molecule has 3 rings (SSSR count). The summed E-state index contributed by atoms with van der Waals surface area (Å²) in [6.45, 7) is -0.128. The molecule has 0 aliphatic carbocycles. The summed E-state index contributed by atoms with van der Waals surface area (Å²) >= 11 is 0. The van der Waals surface area contributed by atoms with Gasteiger partial charge in [0.15, 0.2) is 0 Å². The van der Waals surface area contributed by atoms with Gasteiger partial charge in [0.05, 0.1) is 46.9 Å². The van der Waals surface area contributed by atoms with Crippen molar-refractivity contribution in [2.24, 2.45) is 0 Å². The number of ether oxygens (including phenoxy) is 4. The van der Waals surface area contributed by atoms with Gasteiger partial charge >= 0.3 is 24.2 Å². The number of nitro benzene ring substituents is 2. The van der Waals surface area contributed by atoms with Gasteiger partial charge in [-0.3, -0.25) is 20.2 Å². The Kier molecular flexibility index (Phi) is 14.2. The minimum Gasteiger partial charge on any atom is -0.494 e. The molecule has 0 spiro atoms. The van der Waals surface area contributed by atoms with Crippen LogP contribution < -0.4 is 9.47 Å². The fraction of sp³-hybridized carbons (Fsp3) is 0.333. The number of esters is 2. The Labute approximate surface area is 281 Å². The van der Waals surface area contributed by atoms with Crippen molar-refractivity contribution in [3.63, 3.8) is 0 Å². The first-order valence-corrected chi connectivity index (χ1v) is 15.1. The summed E-state index contributed by atoms with van der Waals surface area (Å²) in [5.41, 5.74) is -1.57. The van der Waals surface area contributed by atoms with Crippen LogP contribution in [0, 0.1) is 20.2 Å². The van der Waals surface area contributed by atoms with Crippen LogP contribution in [0.3, 0.4) is 0 Å². The molecule has 0 amide bonds. The van der Waals surface area contributed by atoms with Gasteiger partial charge in [-0.1, -0.05) is 12.1 Å². The topological polar surface area (TPSA) is 157 Å². The lowest BCUT2D eigenvalue weighted by Crippen LogP contribution is -2.21. The Morgan fingerprint density at radius 1 is 0.700 bits per heavy atom. The van der Waals surface area contributed by atoms with Crippen molar-refractivity contribution in [1.82, 2.24) is 0 Å². The van der Waals surface area contributed by atoms with Crippen LogP contribution >= 0.6 is 0 Å². The van der Waals surface area contributed by atoms with E-state index in [0.29, 0.717) is 31.2 Å². The molecule has 17 heteroatoms. The van der Waals surface area contributed by atoms with Crippen LogP contribution in [0.4, 0.5) is 33.3 Å². The first-order valence-electron chi connectivity index (χ1n) is 15.1. The maximum Gasteiger partial charge on any atom is 0.426 e. The van der Waals surface area contributed by atoms with E-state index in [0.717, 1.165) is 36.4 Å². The van der Waals surface area contributed by atoms with Crippen LogP contribution in [0.5, 0.6) is 11.5 Å². The molecular weight excluding hydrogens is 679 g/mol. The number of hydrogen-bond donors (Lipinski definition) is 0. The number of alkyl halides is 5. The Morgan fingerprint density at radius 3 is 1.82 bits per heavy atom. The molecule has 12 nitrogen and oxygen atoms in total. The smallest absolute Gasteiger partial charge is 0.426 e. The first kappa shape index (κ1) is 38.8. The molecule has 0 bridgehead atoms. The Balaban J connectivity index is 1.33. The lowest BCUT2D eigenvalue weighted by molar-refractivity contribution is -0.394. The second-order valence-electron chi connectivity index (χ2n) is 10.6. The van der Waals surface area contributed by atoms with Crippen molar-refractivity contribution in [3.8, 4) is 11.5 Å². The predicted molar refractivity (Wildman–Crippen MR) is 167 cm³/mol. The number of non-ortho nitro benzene ring substituents is 2.